The summed E-state index contributed by atoms with van der Waals surface area (Å²) < 4.78 is 0. The maximum absolute atomic E-state index is 11.8. The Kier molecular flexibility index (Phi) is 3.71. The van der Waals surface area contributed by atoms with Gasteiger partial charge in [-0.05, 0) is 31.3 Å². The normalized spacial score (nSPS) is 20.1. The van der Waals surface area contributed by atoms with Crippen LogP contribution in [0.4, 0.5) is 0 Å². The molecular formula is C15H16O. The van der Waals surface area contributed by atoms with Crippen LogP contribution in [-0.2, 0) is 0 Å². The second-order valence-electron chi connectivity index (χ2n) is 4.11. The van der Waals surface area contributed by atoms with Gasteiger partial charge >= 0.3 is 0 Å². The van der Waals surface area contributed by atoms with E-state index in [9.17, 15) is 4.79 Å². The summed E-state index contributed by atoms with van der Waals surface area (Å²) >= 11 is 0. The Labute approximate surface area is 96.5 Å². The van der Waals surface area contributed by atoms with Gasteiger partial charge in [0.2, 0.25) is 0 Å². The molecule has 0 heterocycles. The lowest BCUT2D eigenvalue weighted by Gasteiger charge is -2.10. The van der Waals surface area contributed by atoms with E-state index in [1.54, 1.807) is 6.08 Å². The molecule has 1 nitrogen and oxygen atoms in total. The molecule has 0 saturated heterocycles. The van der Waals surface area contributed by atoms with Crippen molar-refractivity contribution >= 4 is 5.78 Å². The van der Waals surface area contributed by atoms with Gasteiger partial charge in [0.1, 0.15) is 0 Å². The first-order chi connectivity index (χ1) is 7.86. The van der Waals surface area contributed by atoms with Crippen molar-refractivity contribution in [1.82, 2.24) is 0 Å². The summed E-state index contributed by atoms with van der Waals surface area (Å²) in [4.78, 5) is 11.8. The molecule has 0 spiro atoms. The first-order valence-corrected chi connectivity index (χ1v) is 5.80. The van der Waals surface area contributed by atoms with E-state index in [1.807, 2.05) is 36.4 Å². The van der Waals surface area contributed by atoms with Gasteiger partial charge in [0.05, 0.1) is 0 Å². The largest absolute Gasteiger partial charge is 0.289 e. The molecule has 1 aliphatic rings. The summed E-state index contributed by atoms with van der Waals surface area (Å²) in [5, 5.41) is 0. The molecule has 1 unspecified atom stereocenters. The van der Waals surface area contributed by atoms with E-state index < -0.39 is 0 Å². The van der Waals surface area contributed by atoms with Crippen LogP contribution in [0.25, 0.3) is 0 Å². The number of carbonyl (C=O) groups excluding carboxylic acids is 1. The van der Waals surface area contributed by atoms with Crippen molar-refractivity contribution in [2.45, 2.75) is 19.3 Å². The molecule has 82 valence electrons. The van der Waals surface area contributed by atoms with E-state index >= 15 is 0 Å². The van der Waals surface area contributed by atoms with Gasteiger partial charge in [-0.25, -0.2) is 0 Å². The zero-order valence-electron chi connectivity index (χ0n) is 9.30. The van der Waals surface area contributed by atoms with Crippen LogP contribution in [0.2, 0.25) is 0 Å². The maximum atomic E-state index is 11.8. The summed E-state index contributed by atoms with van der Waals surface area (Å²) in [7, 11) is 0. The lowest BCUT2D eigenvalue weighted by atomic mass is 9.95. The highest BCUT2D eigenvalue weighted by Crippen LogP contribution is 2.18. The van der Waals surface area contributed by atoms with E-state index in [-0.39, 0.29) is 5.78 Å². The number of rotatable bonds is 3. The lowest BCUT2D eigenvalue weighted by molar-refractivity contribution is 0.104. The Balaban J connectivity index is 1.99. The molecule has 1 aromatic rings. The summed E-state index contributed by atoms with van der Waals surface area (Å²) in [6, 6.07) is 9.40. The van der Waals surface area contributed by atoms with Gasteiger partial charge in [-0.15, -0.1) is 0 Å². The molecule has 0 saturated carbocycles. The molecule has 1 aliphatic carbocycles. The molecule has 0 aromatic heterocycles. The van der Waals surface area contributed by atoms with E-state index in [2.05, 4.69) is 12.2 Å². The molecule has 1 aromatic carbocycles. The predicted molar refractivity (Wildman–Crippen MR) is 66.4 cm³/mol. The van der Waals surface area contributed by atoms with E-state index in [0.717, 1.165) is 12.0 Å². The van der Waals surface area contributed by atoms with Crippen molar-refractivity contribution < 1.29 is 4.79 Å². The van der Waals surface area contributed by atoms with Crippen LogP contribution in [0, 0.1) is 5.92 Å². The Hall–Kier alpha value is -1.63. The zero-order chi connectivity index (χ0) is 11.2. The van der Waals surface area contributed by atoms with Crippen molar-refractivity contribution in [2.75, 3.05) is 0 Å². The second-order valence-corrected chi connectivity index (χ2v) is 4.11. The number of carbonyl (C=O) groups is 1. The fourth-order valence-electron chi connectivity index (χ4n) is 1.91. The average molecular weight is 212 g/mol. The quantitative estimate of drug-likeness (QED) is 0.423. The molecule has 0 amide bonds. The monoisotopic (exact) mass is 212 g/mol. The summed E-state index contributed by atoms with van der Waals surface area (Å²) in [6.45, 7) is 0. The molecule has 16 heavy (non-hydrogen) atoms. The summed E-state index contributed by atoms with van der Waals surface area (Å²) in [5.41, 5.74) is 0.763. The SMILES string of the molecule is O=C(C=CC1C=CCCC1)c1ccccc1. The highest BCUT2D eigenvalue weighted by atomic mass is 16.1. The number of allylic oxidation sites excluding steroid dienone is 4. The first-order valence-electron chi connectivity index (χ1n) is 5.80. The van der Waals surface area contributed by atoms with Crippen LogP contribution in [-0.4, -0.2) is 5.78 Å². The highest BCUT2D eigenvalue weighted by molar-refractivity contribution is 6.04. The second kappa shape index (κ2) is 5.45. The minimum absolute atomic E-state index is 0.0968. The molecule has 0 bridgehead atoms. The topological polar surface area (TPSA) is 17.1 Å². The van der Waals surface area contributed by atoms with Gasteiger partial charge in [-0.1, -0.05) is 48.6 Å². The van der Waals surface area contributed by atoms with Crippen LogP contribution < -0.4 is 0 Å². The lowest BCUT2D eigenvalue weighted by Crippen LogP contribution is -1.99. The van der Waals surface area contributed by atoms with Gasteiger partial charge in [0, 0.05) is 5.56 Å². The fourth-order valence-corrected chi connectivity index (χ4v) is 1.91. The fraction of sp³-hybridized carbons (Fsp3) is 0.267. The minimum Gasteiger partial charge on any atom is -0.289 e. The van der Waals surface area contributed by atoms with Crippen LogP contribution in [0.5, 0.6) is 0 Å². The van der Waals surface area contributed by atoms with Crippen molar-refractivity contribution in [2.24, 2.45) is 5.92 Å². The van der Waals surface area contributed by atoms with Gasteiger partial charge in [-0.2, -0.15) is 0 Å². The molecule has 2 rings (SSSR count). The Morgan fingerprint density at radius 2 is 2.06 bits per heavy atom. The number of ketones is 1. The van der Waals surface area contributed by atoms with Gasteiger partial charge in [0.15, 0.2) is 5.78 Å². The molecule has 1 atom stereocenters. The van der Waals surface area contributed by atoms with Crippen LogP contribution in [0.3, 0.4) is 0 Å². The Morgan fingerprint density at radius 3 is 2.75 bits per heavy atom. The standard InChI is InChI=1S/C15H16O/c16-15(14-9-5-2-6-10-14)12-11-13-7-3-1-4-8-13/h2-3,5-7,9-13H,1,4,8H2. The van der Waals surface area contributed by atoms with Crippen LogP contribution in [0.1, 0.15) is 29.6 Å². The predicted octanol–water partition coefficient (Wildman–Crippen LogP) is 3.78. The molecular weight excluding hydrogens is 196 g/mol. The third-order valence-electron chi connectivity index (χ3n) is 2.84. The number of hydrogen-bond acceptors (Lipinski definition) is 1. The zero-order valence-corrected chi connectivity index (χ0v) is 9.30. The van der Waals surface area contributed by atoms with Crippen molar-refractivity contribution in [3.05, 3.63) is 60.2 Å². The minimum atomic E-state index is 0.0968. The smallest absolute Gasteiger partial charge is 0.185 e. The van der Waals surface area contributed by atoms with Gasteiger partial charge < -0.3 is 0 Å². The van der Waals surface area contributed by atoms with Gasteiger partial charge in [0.25, 0.3) is 0 Å². The van der Waals surface area contributed by atoms with E-state index in [1.165, 1.54) is 12.8 Å². The molecule has 0 aliphatic heterocycles. The first kappa shape index (κ1) is 10.9. The highest BCUT2D eigenvalue weighted by Gasteiger charge is 2.05. The Bertz CT molecular complexity index is 401. The summed E-state index contributed by atoms with van der Waals surface area (Å²) in [6.07, 6.45) is 11.7. The Morgan fingerprint density at radius 1 is 1.25 bits per heavy atom. The van der Waals surface area contributed by atoms with Crippen molar-refractivity contribution in [1.29, 1.82) is 0 Å². The van der Waals surface area contributed by atoms with Crippen LogP contribution in [0.15, 0.2) is 54.6 Å². The molecule has 1 heteroatoms. The molecule has 0 radical (unpaired) electrons. The number of benzene rings is 1. The van der Waals surface area contributed by atoms with Crippen molar-refractivity contribution in [3.63, 3.8) is 0 Å². The molecule has 0 N–H and O–H groups in total. The molecule has 0 fully saturated rings. The third kappa shape index (κ3) is 2.93. The van der Waals surface area contributed by atoms with Crippen LogP contribution >= 0.6 is 0 Å². The average Bonchev–Trinajstić information content (AvgIpc) is 2.38. The maximum Gasteiger partial charge on any atom is 0.185 e. The van der Waals surface area contributed by atoms with Crippen molar-refractivity contribution in [3.8, 4) is 0 Å². The summed E-state index contributed by atoms with van der Waals surface area (Å²) in [5.74, 6) is 0.543. The van der Waals surface area contributed by atoms with Gasteiger partial charge in [-0.3, -0.25) is 4.79 Å². The van der Waals surface area contributed by atoms with E-state index in [4.69, 9.17) is 0 Å². The third-order valence-corrected chi connectivity index (χ3v) is 2.84. The van der Waals surface area contributed by atoms with E-state index in [0.29, 0.717) is 5.92 Å². The number of hydrogen-bond donors (Lipinski definition) is 0.